The van der Waals surface area contributed by atoms with Gasteiger partial charge in [0.15, 0.2) is 0 Å². The molecule has 0 radical (unpaired) electrons. The van der Waals surface area contributed by atoms with E-state index in [1.807, 2.05) is 38.1 Å². The molecule has 0 aliphatic rings. The molecule has 1 amide bonds. The zero-order chi connectivity index (χ0) is 17.0. The lowest BCUT2D eigenvalue weighted by Gasteiger charge is -2.15. The molecular weight excluding hydrogens is 312 g/mol. The minimum absolute atomic E-state index is 0.0550. The van der Waals surface area contributed by atoms with Crippen molar-refractivity contribution in [2.75, 3.05) is 0 Å². The van der Waals surface area contributed by atoms with E-state index in [0.29, 0.717) is 6.42 Å². The van der Waals surface area contributed by atoms with E-state index in [-0.39, 0.29) is 16.8 Å². The molecule has 1 unspecified atom stereocenters. The van der Waals surface area contributed by atoms with Crippen molar-refractivity contribution in [3.63, 3.8) is 0 Å². The van der Waals surface area contributed by atoms with E-state index in [1.54, 1.807) is 12.1 Å². The van der Waals surface area contributed by atoms with Gasteiger partial charge in [0.1, 0.15) is 0 Å². The highest BCUT2D eigenvalue weighted by atomic mass is 32.2. The van der Waals surface area contributed by atoms with Crippen molar-refractivity contribution in [2.24, 2.45) is 5.14 Å². The number of carbonyl (C=O) groups excluding carboxylic acids is 1. The third-order valence-corrected chi connectivity index (χ3v) is 4.50. The Labute approximate surface area is 136 Å². The Hall–Kier alpha value is -2.18. The molecule has 0 aromatic heterocycles. The number of primary sulfonamides is 1. The van der Waals surface area contributed by atoms with E-state index in [9.17, 15) is 13.2 Å². The van der Waals surface area contributed by atoms with E-state index in [2.05, 4.69) is 5.32 Å². The molecule has 0 spiro atoms. The number of hydrogen-bond acceptors (Lipinski definition) is 3. The fourth-order valence-corrected chi connectivity index (χ4v) is 2.73. The van der Waals surface area contributed by atoms with Crippen LogP contribution in [0, 0.1) is 6.92 Å². The van der Waals surface area contributed by atoms with Crippen LogP contribution in [0.1, 0.15) is 29.7 Å². The first kappa shape index (κ1) is 17.2. The van der Waals surface area contributed by atoms with Gasteiger partial charge < -0.3 is 5.32 Å². The average molecular weight is 332 g/mol. The number of amides is 1. The molecule has 0 fully saturated rings. The molecule has 5 nitrogen and oxygen atoms in total. The molecule has 0 aliphatic carbocycles. The molecule has 0 saturated carbocycles. The predicted octanol–water partition coefficient (Wildman–Crippen LogP) is 2.06. The Bertz CT molecular complexity index is 782. The van der Waals surface area contributed by atoms with Gasteiger partial charge in [-0.3, -0.25) is 4.79 Å². The highest BCUT2D eigenvalue weighted by Crippen LogP contribution is 2.15. The quantitative estimate of drug-likeness (QED) is 0.878. The van der Waals surface area contributed by atoms with Crippen molar-refractivity contribution >= 4 is 15.9 Å². The Morgan fingerprint density at radius 2 is 1.65 bits per heavy atom. The monoisotopic (exact) mass is 332 g/mol. The van der Waals surface area contributed by atoms with Gasteiger partial charge in [0, 0.05) is 0 Å². The number of nitrogens with one attached hydrogen (secondary N) is 1. The third kappa shape index (κ3) is 4.91. The fourth-order valence-electron chi connectivity index (χ4n) is 2.21. The van der Waals surface area contributed by atoms with Crippen LogP contribution in [0.25, 0.3) is 0 Å². The molecule has 23 heavy (non-hydrogen) atoms. The Morgan fingerprint density at radius 1 is 1.09 bits per heavy atom. The van der Waals surface area contributed by atoms with Gasteiger partial charge in [0.2, 0.25) is 15.9 Å². The molecule has 2 aromatic rings. The van der Waals surface area contributed by atoms with Gasteiger partial charge in [-0.05, 0) is 37.1 Å². The number of benzene rings is 2. The first-order valence-corrected chi connectivity index (χ1v) is 8.78. The molecule has 0 heterocycles. The van der Waals surface area contributed by atoms with Gasteiger partial charge in [-0.15, -0.1) is 0 Å². The largest absolute Gasteiger partial charge is 0.349 e. The van der Waals surface area contributed by atoms with Gasteiger partial charge in [0.05, 0.1) is 17.4 Å². The lowest BCUT2D eigenvalue weighted by atomic mass is 10.1. The second-order valence-electron chi connectivity index (χ2n) is 5.57. The Kier molecular flexibility index (Phi) is 5.18. The normalized spacial score (nSPS) is 12.7. The molecule has 2 rings (SSSR count). The molecule has 1 atom stereocenters. The van der Waals surface area contributed by atoms with Crippen LogP contribution >= 0.6 is 0 Å². The van der Waals surface area contributed by atoms with Gasteiger partial charge in [0.25, 0.3) is 0 Å². The van der Waals surface area contributed by atoms with Crippen LogP contribution in [-0.4, -0.2) is 14.3 Å². The standard InChI is InChI=1S/C17H20N2O3S/c1-12-3-5-14(6-4-12)11-17(20)19-13(2)15-7-9-16(10-8-15)23(18,21)22/h3-10,13H,11H2,1-2H3,(H,19,20)(H2,18,21,22). The van der Waals surface area contributed by atoms with E-state index in [1.165, 1.54) is 12.1 Å². The van der Waals surface area contributed by atoms with Crippen molar-refractivity contribution in [2.45, 2.75) is 31.2 Å². The molecule has 6 heteroatoms. The minimum Gasteiger partial charge on any atom is -0.349 e. The van der Waals surface area contributed by atoms with Crippen LogP contribution in [0.4, 0.5) is 0 Å². The summed E-state index contributed by atoms with van der Waals surface area (Å²) in [7, 11) is -3.70. The molecule has 0 bridgehead atoms. The first-order chi connectivity index (χ1) is 10.8. The summed E-state index contributed by atoms with van der Waals surface area (Å²) in [6, 6.07) is 13.8. The lowest BCUT2D eigenvalue weighted by Crippen LogP contribution is -2.28. The van der Waals surface area contributed by atoms with Crippen molar-refractivity contribution in [1.82, 2.24) is 5.32 Å². The van der Waals surface area contributed by atoms with Gasteiger partial charge >= 0.3 is 0 Å². The second kappa shape index (κ2) is 6.93. The van der Waals surface area contributed by atoms with E-state index < -0.39 is 10.0 Å². The number of rotatable bonds is 5. The molecule has 122 valence electrons. The molecule has 0 saturated heterocycles. The Morgan fingerprint density at radius 3 is 2.17 bits per heavy atom. The van der Waals surface area contributed by atoms with Crippen molar-refractivity contribution in [1.29, 1.82) is 0 Å². The van der Waals surface area contributed by atoms with E-state index in [4.69, 9.17) is 5.14 Å². The number of carbonyl (C=O) groups is 1. The zero-order valence-electron chi connectivity index (χ0n) is 13.1. The van der Waals surface area contributed by atoms with Crippen LogP contribution in [0.2, 0.25) is 0 Å². The van der Waals surface area contributed by atoms with Crippen LogP contribution in [0.5, 0.6) is 0 Å². The number of nitrogens with two attached hydrogens (primary N) is 1. The van der Waals surface area contributed by atoms with Gasteiger partial charge in [-0.25, -0.2) is 13.6 Å². The van der Waals surface area contributed by atoms with E-state index >= 15 is 0 Å². The SMILES string of the molecule is Cc1ccc(CC(=O)NC(C)c2ccc(S(N)(=O)=O)cc2)cc1. The van der Waals surface area contributed by atoms with Crippen molar-refractivity contribution < 1.29 is 13.2 Å². The molecule has 0 aliphatic heterocycles. The van der Waals surface area contributed by atoms with Crippen LogP contribution in [0.15, 0.2) is 53.4 Å². The van der Waals surface area contributed by atoms with Crippen LogP contribution in [-0.2, 0) is 21.2 Å². The summed E-state index contributed by atoms with van der Waals surface area (Å²) in [5.74, 6) is -0.0862. The summed E-state index contributed by atoms with van der Waals surface area (Å²) in [5.41, 5.74) is 2.91. The maximum Gasteiger partial charge on any atom is 0.238 e. The highest BCUT2D eigenvalue weighted by Gasteiger charge is 2.12. The maximum absolute atomic E-state index is 12.1. The second-order valence-corrected chi connectivity index (χ2v) is 7.13. The van der Waals surface area contributed by atoms with Crippen LogP contribution < -0.4 is 10.5 Å². The van der Waals surface area contributed by atoms with Gasteiger partial charge in [-0.1, -0.05) is 42.0 Å². The smallest absolute Gasteiger partial charge is 0.238 e. The zero-order valence-corrected chi connectivity index (χ0v) is 13.9. The predicted molar refractivity (Wildman–Crippen MR) is 89.3 cm³/mol. The summed E-state index contributed by atoms with van der Waals surface area (Å²) >= 11 is 0. The van der Waals surface area contributed by atoms with Crippen LogP contribution in [0.3, 0.4) is 0 Å². The molecule has 2 aromatic carbocycles. The summed E-state index contributed by atoms with van der Waals surface area (Å²) < 4.78 is 22.5. The molecule has 3 N–H and O–H groups in total. The number of sulfonamides is 1. The summed E-state index contributed by atoms with van der Waals surface area (Å²) in [6.07, 6.45) is 0.305. The summed E-state index contributed by atoms with van der Waals surface area (Å²) in [4.78, 5) is 12.1. The third-order valence-electron chi connectivity index (χ3n) is 3.57. The Balaban J connectivity index is 1.99. The molecular formula is C17H20N2O3S. The van der Waals surface area contributed by atoms with Crippen molar-refractivity contribution in [3.8, 4) is 0 Å². The van der Waals surface area contributed by atoms with Crippen molar-refractivity contribution in [3.05, 3.63) is 65.2 Å². The number of aryl methyl sites for hydroxylation is 1. The first-order valence-electron chi connectivity index (χ1n) is 7.23. The summed E-state index contributed by atoms with van der Waals surface area (Å²) in [6.45, 7) is 3.84. The van der Waals surface area contributed by atoms with Gasteiger partial charge in [-0.2, -0.15) is 0 Å². The maximum atomic E-state index is 12.1. The fraction of sp³-hybridized carbons (Fsp3) is 0.235. The minimum atomic E-state index is -3.70. The average Bonchev–Trinajstić information content (AvgIpc) is 2.49. The van der Waals surface area contributed by atoms with E-state index in [0.717, 1.165) is 16.7 Å². The highest BCUT2D eigenvalue weighted by molar-refractivity contribution is 7.89. The summed E-state index contributed by atoms with van der Waals surface area (Å²) in [5, 5.41) is 7.96. The number of hydrogen-bond donors (Lipinski definition) is 2. The lowest BCUT2D eigenvalue weighted by molar-refractivity contribution is -0.121. The topological polar surface area (TPSA) is 89.3 Å².